The third-order valence-electron chi connectivity index (χ3n) is 3.64. The van der Waals surface area contributed by atoms with Crippen LogP contribution in [-0.2, 0) is 0 Å². The summed E-state index contributed by atoms with van der Waals surface area (Å²) in [4.78, 5) is 14.1. The molecule has 1 heterocycles. The van der Waals surface area contributed by atoms with Gasteiger partial charge < -0.3 is 15.4 Å². The lowest BCUT2D eigenvalue weighted by Crippen LogP contribution is -2.31. The van der Waals surface area contributed by atoms with Gasteiger partial charge in [0.2, 0.25) is 0 Å². The molecule has 1 fully saturated rings. The molecule has 114 valence electrons. The van der Waals surface area contributed by atoms with Gasteiger partial charge in [0.05, 0.1) is 0 Å². The van der Waals surface area contributed by atoms with E-state index in [1.54, 1.807) is 17.0 Å². The Morgan fingerprint density at radius 1 is 1.18 bits per heavy atom. The lowest BCUT2D eigenvalue weighted by Gasteiger charge is -2.16. The van der Waals surface area contributed by atoms with Gasteiger partial charge >= 0.3 is 0 Å². The zero-order valence-electron chi connectivity index (χ0n) is 12.0. The minimum atomic E-state index is 0.0296. The lowest BCUT2D eigenvalue weighted by atomic mass is 10.2. The summed E-state index contributed by atoms with van der Waals surface area (Å²) in [6.07, 6.45) is 0.871. The molecule has 0 aliphatic carbocycles. The quantitative estimate of drug-likeness (QED) is 0.912. The number of nitrogens with two attached hydrogens (primary N) is 1. The number of carbonyl (C=O) groups is 1. The van der Waals surface area contributed by atoms with Gasteiger partial charge in [0.25, 0.3) is 5.91 Å². The fraction of sp³-hybridized carbons (Fsp3) is 0.235. The first-order valence-electron chi connectivity index (χ1n) is 7.20. The monoisotopic (exact) mass is 360 g/mol. The van der Waals surface area contributed by atoms with Crippen molar-refractivity contribution in [3.63, 3.8) is 0 Å². The first-order valence-corrected chi connectivity index (χ1v) is 7.99. The van der Waals surface area contributed by atoms with E-state index in [2.05, 4.69) is 15.9 Å². The number of hydrogen-bond donors (Lipinski definition) is 1. The van der Waals surface area contributed by atoms with E-state index in [1.165, 1.54) is 0 Å². The van der Waals surface area contributed by atoms with Crippen molar-refractivity contribution in [1.82, 2.24) is 4.90 Å². The molecule has 2 aromatic carbocycles. The van der Waals surface area contributed by atoms with Crippen LogP contribution in [-0.4, -0.2) is 29.9 Å². The van der Waals surface area contributed by atoms with E-state index in [4.69, 9.17) is 10.5 Å². The van der Waals surface area contributed by atoms with Gasteiger partial charge in [-0.2, -0.15) is 0 Å². The van der Waals surface area contributed by atoms with Crippen molar-refractivity contribution in [2.45, 2.75) is 12.5 Å². The van der Waals surface area contributed by atoms with Crippen LogP contribution in [0.4, 0.5) is 0 Å². The molecule has 5 heteroatoms. The van der Waals surface area contributed by atoms with E-state index in [1.807, 2.05) is 36.4 Å². The van der Waals surface area contributed by atoms with Crippen molar-refractivity contribution in [2.24, 2.45) is 5.73 Å². The van der Waals surface area contributed by atoms with Crippen molar-refractivity contribution in [3.8, 4) is 11.5 Å². The second kappa shape index (κ2) is 6.50. The Balaban J connectivity index is 1.69. The van der Waals surface area contributed by atoms with E-state index in [-0.39, 0.29) is 11.9 Å². The molecule has 2 aromatic rings. The molecular weight excluding hydrogens is 344 g/mol. The van der Waals surface area contributed by atoms with Crippen molar-refractivity contribution < 1.29 is 9.53 Å². The summed E-state index contributed by atoms with van der Waals surface area (Å²) in [5, 5.41) is 0. The minimum Gasteiger partial charge on any atom is -0.457 e. The summed E-state index contributed by atoms with van der Waals surface area (Å²) in [5.41, 5.74) is 6.51. The molecule has 1 atom stereocenters. The molecule has 0 unspecified atom stereocenters. The summed E-state index contributed by atoms with van der Waals surface area (Å²) < 4.78 is 6.72. The van der Waals surface area contributed by atoms with Crippen molar-refractivity contribution in [3.05, 3.63) is 58.6 Å². The number of halogens is 1. The Kier molecular flexibility index (Phi) is 4.45. The van der Waals surface area contributed by atoms with Crippen LogP contribution in [0.1, 0.15) is 16.8 Å². The number of amides is 1. The molecule has 0 bridgehead atoms. The third-order valence-corrected chi connectivity index (χ3v) is 4.14. The molecule has 1 aliphatic rings. The van der Waals surface area contributed by atoms with Crippen LogP contribution in [0, 0.1) is 0 Å². The maximum absolute atomic E-state index is 12.3. The zero-order valence-corrected chi connectivity index (χ0v) is 13.6. The average Bonchev–Trinajstić information content (AvgIpc) is 2.94. The first kappa shape index (κ1) is 15.1. The molecule has 0 saturated carbocycles. The van der Waals surface area contributed by atoms with Gasteiger partial charge in [-0.15, -0.1) is 0 Å². The van der Waals surface area contributed by atoms with Crippen molar-refractivity contribution >= 4 is 21.8 Å². The number of nitrogens with zero attached hydrogens (tertiary/aromatic N) is 1. The Labute approximate surface area is 138 Å². The van der Waals surface area contributed by atoms with E-state index >= 15 is 0 Å². The Bertz CT molecular complexity index is 673. The van der Waals surface area contributed by atoms with Gasteiger partial charge in [0.15, 0.2) is 0 Å². The van der Waals surface area contributed by atoms with Crippen LogP contribution in [0.15, 0.2) is 53.0 Å². The average molecular weight is 361 g/mol. The molecule has 2 N–H and O–H groups in total. The number of benzene rings is 2. The molecule has 0 aromatic heterocycles. The van der Waals surface area contributed by atoms with Crippen molar-refractivity contribution in [2.75, 3.05) is 13.1 Å². The van der Waals surface area contributed by atoms with Crippen LogP contribution < -0.4 is 10.5 Å². The van der Waals surface area contributed by atoms with Crippen LogP contribution >= 0.6 is 15.9 Å². The first-order chi connectivity index (χ1) is 10.6. The lowest BCUT2D eigenvalue weighted by molar-refractivity contribution is 0.0791. The number of carbonyl (C=O) groups excluding carboxylic acids is 1. The predicted molar refractivity (Wildman–Crippen MR) is 89.2 cm³/mol. The Morgan fingerprint density at radius 3 is 2.59 bits per heavy atom. The normalized spacial score (nSPS) is 17.5. The molecule has 1 saturated heterocycles. The summed E-state index contributed by atoms with van der Waals surface area (Å²) in [6.45, 7) is 1.37. The number of hydrogen-bond acceptors (Lipinski definition) is 3. The van der Waals surface area contributed by atoms with E-state index in [0.29, 0.717) is 17.9 Å². The van der Waals surface area contributed by atoms with E-state index in [0.717, 1.165) is 23.2 Å². The predicted octanol–water partition coefficient (Wildman–Crippen LogP) is 3.41. The molecule has 22 heavy (non-hydrogen) atoms. The highest BCUT2D eigenvalue weighted by Gasteiger charge is 2.24. The Morgan fingerprint density at radius 2 is 1.95 bits per heavy atom. The topological polar surface area (TPSA) is 55.6 Å². The molecule has 3 rings (SSSR count). The highest BCUT2D eigenvalue weighted by Crippen LogP contribution is 2.25. The molecule has 0 radical (unpaired) electrons. The van der Waals surface area contributed by atoms with Crippen LogP contribution in [0.25, 0.3) is 0 Å². The van der Waals surface area contributed by atoms with Crippen LogP contribution in [0.2, 0.25) is 0 Å². The van der Waals surface area contributed by atoms with Gasteiger partial charge in [-0.25, -0.2) is 0 Å². The maximum Gasteiger partial charge on any atom is 0.253 e. The fourth-order valence-corrected chi connectivity index (χ4v) is 2.86. The zero-order chi connectivity index (χ0) is 15.5. The third kappa shape index (κ3) is 3.48. The fourth-order valence-electron chi connectivity index (χ4n) is 2.49. The van der Waals surface area contributed by atoms with Gasteiger partial charge in [-0.05, 0) is 48.9 Å². The largest absolute Gasteiger partial charge is 0.457 e. The van der Waals surface area contributed by atoms with Crippen molar-refractivity contribution in [1.29, 1.82) is 0 Å². The SMILES string of the molecule is N[C@@H]1CCN(C(=O)c2ccc(Oc3cccc(Br)c3)cc2)C1. The van der Waals surface area contributed by atoms with Gasteiger partial charge in [0, 0.05) is 29.2 Å². The molecular formula is C17H17BrN2O2. The van der Waals surface area contributed by atoms with E-state index < -0.39 is 0 Å². The highest BCUT2D eigenvalue weighted by atomic mass is 79.9. The van der Waals surface area contributed by atoms with Crippen LogP contribution in [0.3, 0.4) is 0 Å². The second-order valence-corrected chi connectivity index (χ2v) is 6.30. The van der Waals surface area contributed by atoms with Crippen LogP contribution in [0.5, 0.6) is 11.5 Å². The summed E-state index contributed by atoms with van der Waals surface area (Å²) in [5.74, 6) is 1.48. The second-order valence-electron chi connectivity index (χ2n) is 5.38. The number of likely N-dealkylation sites (tertiary alicyclic amines) is 1. The van der Waals surface area contributed by atoms with E-state index in [9.17, 15) is 4.79 Å². The molecule has 0 spiro atoms. The van der Waals surface area contributed by atoms with Gasteiger partial charge in [-0.1, -0.05) is 22.0 Å². The summed E-state index contributed by atoms with van der Waals surface area (Å²) in [6, 6.07) is 14.9. The number of ether oxygens (including phenoxy) is 1. The summed E-state index contributed by atoms with van der Waals surface area (Å²) >= 11 is 3.41. The molecule has 4 nitrogen and oxygen atoms in total. The molecule has 1 aliphatic heterocycles. The number of rotatable bonds is 3. The molecule has 1 amide bonds. The smallest absolute Gasteiger partial charge is 0.253 e. The summed E-state index contributed by atoms with van der Waals surface area (Å²) in [7, 11) is 0. The van der Waals surface area contributed by atoms with Gasteiger partial charge in [0.1, 0.15) is 11.5 Å². The maximum atomic E-state index is 12.3. The van der Waals surface area contributed by atoms with Gasteiger partial charge in [-0.3, -0.25) is 4.79 Å². The Hall–Kier alpha value is -1.85. The highest BCUT2D eigenvalue weighted by molar-refractivity contribution is 9.10. The minimum absolute atomic E-state index is 0.0296. The standard InChI is InChI=1S/C17H17BrN2O2/c18-13-2-1-3-16(10-13)22-15-6-4-12(5-7-15)17(21)20-9-8-14(19)11-20/h1-7,10,14H,8-9,11,19H2/t14-/m1/s1.